The van der Waals surface area contributed by atoms with Crippen molar-refractivity contribution in [3.63, 3.8) is 0 Å². The van der Waals surface area contributed by atoms with E-state index in [4.69, 9.17) is 0 Å². The van der Waals surface area contributed by atoms with Crippen molar-refractivity contribution in [2.45, 2.75) is 50.7 Å². The molecule has 0 saturated carbocycles. The van der Waals surface area contributed by atoms with Gasteiger partial charge in [0.15, 0.2) is 0 Å². The minimum atomic E-state index is -3.57. The Morgan fingerprint density at radius 1 is 1.08 bits per heavy atom. The molecule has 0 unspecified atom stereocenters. The van der Waals surface area contributed by atoms with Gasteiger partial charge in [-0.2, -0.15) is 0 Å². The Morgan fingerprint density at radius 2 is 1.75 bits per heavy atom. The van der Waals surface area contributed by atoms with Gasteiger partial charge in [0.1, 0.15) is 0 Å². The third kappa shape index (κ3) is 5.12. The van der Waals surface area contributed by atoms with Crippen LogP contribution in [-0.4, -0.2) is 18.9 Å². The normalized spacial score (nSPS) is 13.7. The number of nitrogens with zero attached hydrogens (tertiary/aromatic N) is 1. The molecule has 130 valence electrons. The van der Waals surface area contributed by atoms with Gasteiger partial charge >= 0.3 is 0 Å². The molecule has 0 spiro atoms. The maximum absolute atomic E-state index is 12.6. The van der Waals surface area contributed by atoms with Crippen LogP contribution in [0, 0.1) is 0 Å². The van der Waals surface area contributed by atoms with Crippen molar-refractivity contribution in [3.8, 4) is 0 Å². The molecule has 0 amide bonds. The summed E-state index contributed by atoms with van der Waals surface area (Å²) in [5.41, 5.74) is 1.13. The molecule has 0 radical (unpaired) electrons. The smallest absolute Gasteiger partial charge is 0.241 e. The fraction of sp³-hybridized carbons (Fsp3) is 0.389. The van der Waals surface area contributed by atoms with Crippen molar-refractivity contribution in [2.24, 2.45) is 0 Å². The minimum absolute atomic E-state index is 0.0255. The molecule has 6 heteroatoms. The molecule has 0 aliphatic carbocycles. The minimum Gasteiger partial charge on any atom is -0.305 e. The fourth-order valence-electron chi connectivity index (χ4n) is 2.37. The van der Waals surface area contributed by atoms with Crippen molar-refractivity contribution >= 4 is 10.0 Å². The Kier molecular flexibility index (Phi) is 5.74. The van der Waals surface area contributed by atoms with Crippen molar-refractivity contribution in [2.75, 3.05) is 0 Å². The predicted molar refractivity (Wildman–Crippen MR) is 96.0 cm³/mol. The highest BCUT2D eigenvalue weighted by molar-refractivity contribution is 7.89. The lowest BCUT2D eigenvalue weighted by molar-refractivity contribution is 0.490. The Labute approximate surface area is 144 Å². The second-order valence-corrected chi connectivity index (χ2v) is 8.47. The van der Waals surface area contributed by atoms with E-state index in [1.807, 2.05) is 58.0 Å². The van der Waals surface area contributed by atoms with Crippen LogP contribution in [0.3, 0.4) is 0 Å². The molecule has 1 aromatic carbocycles. The summed E-state index contributed by atoms with van der Waals surface area (Å²) in [5, 5.41) is 3.34. The number of hydrogen-bond donors (Lipinski definition) is 2. The summed E-state index contributed by atoms with van der Waals surface area (Å²) < 4.78 is 28.0. The summed E-state index contributed by atoms with van der Waals surface area (Å²) >= 11 is 0. The molecular formula is C18H25N3O2S. The average molecular weight is 347 g/mol. The van der Waals surface area contributed by atoms with Gasteiger partial charge in [0.05, 0.1) is 10.6 Å². The predicted octanol–water partition coefficient (Wildman–Crippen LogP) is 3.01. The second kappa shape index (κ2) is 7.42. The standard InChI is InChI=1S/C18H25N3O2S/c1-14(16-10-7-8-12-19-16)20-13-15-9-5-6-11-17(15)24(22,23)21-18(2,3)4/h5-12,14,20-21H,13H2,1-4H3/t14-/m1/s1. The first-order valence-corrected chi connectivity index (χ1v) is 9.43. The first-order valence-electron chi connectivity index (χ1n) is 7.95. The highest BCUT2D eigenvalue weighted by atomic mass is 32.2. The van der Waals surface area contributed by atoms with E-state index < -0.39 is 15.6 Å². The quantitative estimate of drug-likeness (QED) is 0.843. The van der Waals surface area contributed by atoms with Gasteiger partial charge in [-0.05, 0) is 51.5 Å². The molecular weight excluding hydrogens is 322 g/mol. The second-order valence-electron chi connectivity index (χ2n) is 6.82. The van der Waals surface area contributed by atoms with Crippen LogP contribution >= 0.6 is 0 Å². The number of rotatable bonds is 6. The highest BCUT2D eigenvalue weighted by Crippen LogP contribution is 2.19. The van der Waals surface area contributed by atoms with Crippen molar-refractivity contribution in [1.82, 2.24) is 15.0 Å². The van der Waals surface area contributed by atoms with Gasteiger partial charge < -0.3 is 5.32 Å². The zero-order valence-electron chi connectivity index (χ0n) is 14.6. The van der Waals surface area contributed by atoms with E-state index in [1.54, 1.807) is 18.3 Å². The van der Waals surface area contributed by atoms with Gasteiger partial charge in [0.25, 0.3) is 0 Å². The lowest BCUT2D eigenvalue weighted by Crippen LogP contribution is -2.41. The van der Waals surface area contributed by atoms with Gasteiger partial charge in [-0.1, -0.05) is 24.3 Å². The van der Waals surface area contributed by atoms with E-state index in [0.717, 1.165) is 11.3 Å². The van der Waals surface area contributed by atoms with Crippen molar-refractivity contribution in [3.05, 3.63) is 59.9 Å². The summed E-state index contributed by atoms with van der Waals surface area (Å²) in [5.74, 6) is 0. The Balaban J connectivity index is 2.18. The van der Waals surface area contributed by atoms with Crippen molar-refractivity contribution < 1.29 is 8.42 Å². The molecule has 2 N–H and O–H groups in total. The van der Waals surface area contributed by atoms with Crippen LogP contribution in [-0.2, 0) is 16.6 Å². The van der Waals surface area contributed by atoms with E-state index in [1.165, 1.54) is 0 Å². The molecule has 0 fully saturated rings. The van der Waals surface area contributed by atoms with E-state index in [2.05, 4.69) is 15.0 Å². The highest BCUT2D eigenvalue weighted by Gasteiger charge is 2.24. The van der Waals surface area contributed by atoms with Crippen LogP contribution in [0.2, 0.25) is 0 Å². The van der Waals surface area contributed by atoms with E-state index in [0.29, 0.717) is 11.4 Å². The summed E-state index contributed by atoms with van der Waals surface area (Å²) in [4.78, 5) is 4.62. The van der Waals surface area contributed by atoms with Gasteiger partial charge in [-0.3, -0.25) is 4.98 Å². The Morgan fingerprint density at radius 3 is 2.38 bits per heavy atom. The lowest BCUT2D eigenvalue weighted by atomic mass is 10.1. The van der Waals surface area contributed by atoms with Crippen molar-refractivity contribution in [1.29, 1.82) is 0 Å². The van der Waals surface area contributed by atoms with Crippen LogP contribution in [0.4, 0.5) is 0 Å². The summed E-state index contributed by atoms with van der Waals surface area (Å²) in [6.07, 6.45) is 1.75. The van der Waals surface area contributed by atoms with E-state index in [-0.39, 0.29) is 6.04 Å². The van der Waals surface area contributed by atoms with E-state index >= 15 is 0 Å². The molecule has 1 atom stereocenters. The van der Waals surface area contributed by atoms with Crippen LogP contribution < -0.4 is 10.0 Å². The molecule has 24 heavy (non-hydrogen) atoms. The number of sulfonamides is 1. The van der Waals surface area contributed by atoms with Gasteiger partial charge in [0.2, 0.25) is 10.0 Å². The van der Waals surface area contributed by atoms with Crippen LogP contribution in [0.25, 0.3) is 0 Å². The number of hydrogen-bond acceptors (Lipinski definition) is 4. The molecule has 1 heterocycles. The van der Waals surface area contributed by atoms with Gasteiger partial charge in [-0.15, -0.1) is 0 Å². The first kappa shape index (κ1) is 18.6. The SMILES string of the molecule is C[C@@H](NCc1ccccc1S(=O)(=O)NC(C)(C)C)c1ccccn1. The van der Waals surface area contributed by atoms with Crippen LogP contribution in [0.1, 0.15) is 45.0 Å². The topological polar surface area (TPSA) is 71.1 Å². The number of aromatic nitrogens is 1. The molecule has 0 aliphatic heterocycles. The largest absolute Gasteiger partial charge is 0.305 e. The van der Waals surface area contributed by atoms with Gasteiger partial charge in [-0.25, -0.2) is 13.1 Å². The molecule has 0 aliphatic rings. The van der Waals surface area contributed by atoms with Crippen LogP contribution in [0.5, 0.6) is 0 Å². The monoisotopic (exact) mass is 347 g/mol. The number of benzene rings is 1. The summed E-state index contributed by atoms with van der Waals surface area (Å²) in [6.45, 7) is 7.93. The number of pyridine rings is 1. The third-order valence-electron chi connectivity index (χ3n) is 3.43. The number of nitrogens with one attached hydrogen (secondary N) is 2. The zero-order chi connectivity index (χ0) is 17.8. The maximum atomic E-state index is 12.6. The Bertz CT molecular complexity index is 768. The zero-order valence-corrected chi connectivity index (χ0v) is 15.4. The summed E-state index contributed by atoms with van der Waals surface area (Å²) in [7, 11) is -3.57. The lowest BCUT2D eigenvalue weighted by Gasteiger charge is -2.22. The third-order valence-corrected chi connectivity index (χ3v) is 5.29. The molecule has 2 rings (SSSR count). The van der Waals surface area contributed by atoms with Crippen LogP contribution in [0.15, 0.2) is 53.6 Å². The first-order chi connectivity index (χ1) is 11.2. The summed E-state index contributed by atoms with van der Waals surface area (Å²) in [6, 6.07) is 12.8. The van der Waals surface area contributed by atoms with E-state index in [9.17, 15) is 8.42 Å². The molecule has 2 aromatic rings. The Hall–Kier alpha value is -1.76. The maximum Gasteiger partial charge on any atom is 0.241 e. The molecule has 1 aromatic heterocycles. The molecule has 5 nitrogen and oxygen atoms in total. The molecule has 0 saturated heterocycles. The fourth-order valence-corrected chi connectivity index (χ4v) is 4.03. The average Bonchev–Trinajstić information content (AvgIpc) is 2.51. The van der Waals surface area contributed by atoms with Gasteiger partial charge in [0, 0.05) is 24.3 Å². The molecule has 0 bridgehead atoms.